The highest BCUT2D eigenvalue weighted by Crippen LogP contribution is 2.44. The monoisotopic (exact) mass is 637 g/mol. The number of hydrogen-bond acceptors (Lipinski definition) is 6. The minimum atomic E-state index is -3.24. The summed E-state index contributed by atoms with van der Waals surface area (Å²) in [5.74, 6) is 0.192. The first-order chi connectivity index (χ1) is 21.2. The van der Waals surface area contributed by atoms with Crippen molar-refractivity contribution in [3.8, 4) is 0 Å². The molecule has 256 valence electrons. The van der Waals surface area contributed by atoms with Gasteiger partial charge in [0, 0.05) is 52.2 Å². The number of rotatable bonds is 22. The molecule has 3 aliphatic heterocycles. The third-order valence-electron chi connectivity index (χ3n) is 10.2. The minimum absolute atomic E-state index is 0.0273. The van der Waals surface area contributed by atoms with E-state index in [1.54, 1.807) is 4.31 Å². The minimum Gasteiger partial charge on any atom is -0.462 e. The van der Waals surface area contributed by atoms with E-state index in [1.807, 2.05) is 13.8 Å². The molecule has 0 aliphatic carbocycles. The SMILES string of the molecule is CCCCCCCC/C=C\CCCCCCCCN1CCN(CC[C@@H]2CC3(CCN(S(=O)(=O)CC(C)C)CC3)C(=O)O2)CC1. The van der Waals surface area contributed by atoms with Crippen LogP contribution in [-0.2, 0) is 19.6 Å². The maximum absolute atomic E-state index is 12.9. The van der Waals surface area contributed by atoms with Crippen LogP contribution >= 0.6 is 0 Å². The Balaban J connectivity index is 1.16. The zero-order chi connectivity index (χ0) is 31.7. The van der Waals surface area contributed by atoms with Crippen LogP contribution in [0.15, 0.2) is 12.2 Å². The van der Waals surface area contributed by atoms with Crippen LogP contribution in [0.3, 0.4) is 0 Å². The summed E-state index contributed by atoms with van der Waals surface area (Å²) >= 11 is 0. The second-order valence-corrected chi connectivity index (χ2v) is 16.5. The first-order valence-corrected chi connectivity index (χ1v) is 20.1. The van der Waals surface area contributed by atoms with Gasteiger partial charge in [0.1, 0.15) is 6.10 Å². The van der Waals surface area contributed by atoms with Gasteiger partial charge in [-0.05, 0) is 63.8 Å². The molecule has 3 aliphatic rings. The lowest BCUT2D eigenvalue weighted by molar-refractivity contribution is -0.150. The molecule has 0 unspecified atom stereocenters. The van der Waals surface area contributed by atoms with Crippen LogP contribution in [0.25, 0.3) is 0 Å². The van der Waals surface area contributed by atoms with E-state index in [-0.39, 0.29) is 23.7 Å². The summed E-state index contributed by atoms with van der Waals surface area (Å²) in [7, 11) is -3.24. The van der Waals surface area contributed by atoms with Gasteiger partial charge in [-0.2, -0.15) is 0 Å². The molecular formula is C36H67N3O4S. The summed E-state index contributed by atoms with van der Waals surface area (Å²) in [6, 6.07) is 0. The predicted octanol–water partition coefficient (Wildman–Crippen LogP) is 7.42. The molecule has 0 aromatic carbocycles. The van der Waals surface area contributed by atoms with Crippen LogP contribution in [0.1, 0.15) is 136 Å². The number of hydrogen-bond donors (Lipinski definition) is 0. The molecule has 0 aromatic rings. The fraction of sp³-hybridized carbons (Fsp3) is 0.917. The topological polar surface area (TPSA) is 70.2 Å². The van der Waals surface area contributed by atoms with Crippen molar-refractivity contribution in [3.63, 3.8) is 0 Å². The Morgan fingerprint density at radius 2 is 1.30 bits per heavy atom. The number of carbonyl (C=O) groups excluding carboxylic acids is 1. The summed E-state index contributed by atoms with van der Waals surface area (Å²) in [6.07, 6.45) is 26.6. The predicted molar refractivity (Wildman–Crippen MR) is 183 cm³/mol. The molecule has 0 N–H and O–H groups in total. The molecule has 3 rings (SSSR count). The van der Waals surface area contributed by atoms with Crippen molar-refractivity contribution in [1.82, 2.24) is 14.1 Å². The van der Waals surface area contributed by atoms with Crippen LogP contribution in [0, 0.1) is 11.3 Å². The lowest BCUT2D eigenvalue weighted by Crippen LogP contribution is -2.47. The smallest absolute Gasteiger partial charge is 0.312 e. The van der Waals surface area contributed by atoms with Crippen LogP contribution in [0.4, 0.5) is 0 Å². The van der Waals surface area contributed by atoms with E-state index < -0.39 is 15.4 Å². The highest BCUT2D eigenvalue weighted by atomic mass is 32.2. The average molecular weight is 638 g/mol. The molecule has 8 heteroatoms. The molecule has 44 heavy (non-hydrogen) atoms. The summed E-state index contributed by atoms with van der Waals surface area (Å²) < 4.78 is 32.7. The lowest BCUT2D eigenvalue weighted by atomic mass is 9.76. The zero-order valence-electron chi connectivity index (χ0n) is 28.8. The summed E-state index contributed by atoms with van der Waals surface area (Å²) in [5, 5.41) is 0. The number of esters is 1. The Labute approximate surface area is 271 Å². The quantitative estimate of drug-likeness (QED) is 0.0699. The Bertz CT molecular complexity index is 922. The molecule has 7 nitrogen and oxygen atoms in total. The van der Waals surface area contributed by atoms with Crippen molar-refractivity contribution >= 4 is 16.0 Å². The van der Waals surface area contributed by atoms with Crippen molar-refractivity contribution in [2.45, 2.75) is 142 Å². The normalized spacial score (nSPS) is 22.1. The molecule has 3 saturated heterocycles. The van der Waals surface area contributed by atoms with E-state index in [2.05, 4.69) is 28.9 Å². The van der Waals surface area contributed by atoms with Crippen LogP contribution in [0.5, 0.6) is 0 Å². The van der Waals surface area contributed by atoms with Gasteiger partial charge in [0.15, 0.2) is 0 Å². The highest BCUT2D eigenvalue weighted by Gasteiger charge is 2.51. The summed E-state index contributed by atoms with van der Waals surface area (Å²) in [5.41, 5.74) is -0.475. The van der Waals surface area contributed by atoms with Crippen LogP contribution < -0.4 is 0 Å². The van der Waals surface area contributed by atoms with Gasteiger partial charge < -0.3 is 14.5 Å². The lowest BCUT2D eigenvalue weighted by Gasteiger charge is -2.36. The maximum atomic E-state index is 12.9. The second kappa shape index (κ2) is 20.3. The van der Waals surface area contributed by atoms with Gasteiger partial charge in [0.05, 0.1) is 11.2 Å². The number of unbranched alkanes of at least 4 members (excludes halogenated alkanes) is 12. The van der Waals surface area contributed by atoms with Gasteiger partial charge in [-0.1, -0.05) is 90.7 Å². The molecule has 0 saturated carbocycles. The molecular weight excluding hydrogens is 570 g/mol. The number of carbonyl (C=O) groups is 1. The molecule has 0 bridgehead atoms. The number of ether oxygens (including phenoxy) is 1. The van der Waals surface area contributed by atoms with E-state index in [0.29, 0.717) is 25.9 Å². The molecule has 3 fully saturated rings. The zero-order valence-corrected chi connectivity index (χ0v) is 29.6. The van der Waals surface area contributed by atoms with E-state index >= 15 is 0 Å². The number of nitrogens with zero attached hydrogens (tertiary/aromatic N) is 3. The number of piperazine rings is 1. The fourth-order valence-electron chi connectivity index (χ4n) is 7.27. The summed E-state index contributed by atoms with van der Waals surface area (Å²) in [6.45, 7) is 13.7. The first kappa shape index (κ1) is 37.5. The number of sulfonamides is 1. The third-order valence-corrected chi connectivity index (χ3v) is 12.4. The van der Waals surface area contributed by atoms with Crippen molar-refractivity contribution in [3.05, 3.63) is 12.2 Å². The standard InChI is InChI=1S/C36H67N3O4S/c1-4-5-6-7-8-9-10-11-12-13-14-15-16-17-18-19-23-37-27-29-38(30-28-37)24-20-34-31-36(35(40)43-34)21-25-39(26-22-36)44(41,42)32-33(2)3/h11-12,33-34H,4-10,13-32H2,1-3H3/b12-11-/t34-/m1/s1. The summed E-state index contributed by atoms with van der Waals surface area (Å²) in [4.78, 5) is 18.0. The molecule has 0 aromatic heterocycles. The number of piperidine rings is 1. The molecule has 0 amide bonds. The van der Waals surface area contributed by atoms with Gasteiger partial charge in [0.25, 0.3) is 0 Å². The Morgan fingerprint density at radius 1 is 0.773 bits per heavy atom. The molecule has 1 atom stereocenters. The Hall–Kier alpha value is -0.960. The Kier molecular flexibility index (Phi) is 17.3. The van der Waals surface area contributed by atoms with Crippen molar-refractivity contribution in [1.29, 1.82) is 0 Å². The van der Waals surface area contributed by atoms with Gasteiger partial charge in [0.2, 0.25) is 10.0 Å². The van der Waals surface area contributed by atoms with Gasteiger partial charge in [-0.25, -0.2) is 12.7 Å². The highest BCUT2D eigenvalue weighted by molar-refractivity contribution is 7.89. The van der Waals surface area contributed by atoms with E-state index in [4.69, 9.17) is 4.74 Å². The fourth-order valence-corrected chi connectivity index (χ4v) is 9.06. The van der Waals surface area contributed by atoms with E-state index in [0.717, 1.165) is 45.6 Å². The molecule has 3 heterocycles. The maximum Gasteiger partial charge on any atom is 0.312 e. The van der Waals surface area contributed by atoms with Gasteiger partial charge in [-0.3, -0.25) is 4.79 Å². The third kappa shape index (κ3) is 13.4. The van der Waals surface area contributed by atoms with Gasteiger partial charge >= 0.3 is 5.97 Å². The first-order valence-electron chi connectivity index (χ1n) is 18.5. The Morgan fingerprint density at radius 3 is 1.86 bits per heavy atom. The van der Waals surface area contributed by atoms with Gasteiger partial charge in [-0.15, -0.1) is 0 Å². The van der Waals surface area contributed by atoms with E-state index in [9.17, 15) is 13.2 Å². The van der Waals surface area contributed by atoms with Crippen molar-refractivity contribution in [2.75, 3.05) is 58.1 Å². The second-order valence-electron chi connectivity index (χ2n) is 14.5. The van der Waals surface area contributed by atoms with Crippen LogP contribution in [-0.4, -0.2) is 92.7 Å². The van der Waals surface area contributed by atoms with Crippen LogP contribution in [0.2, 0.25) is 0 Å². The van der Waals surface area contributed by atoms with Crippen molar-refractivity contribution < 1.29 is 17.9 Å². The number of cyclic esters (lactones) is 1. The van der Waals surface area contributed by atoms with E-state index in [1.165, 1.54) is 96.4 Å². The largest absolute Gasteiger partial charge is 0.462 e. The molecule has 0 radical (unpaired) electrons. The number of allylic oxidation sites excluding steroid dienone is 2. The average Bonchev–Trinajstić information content (AvgIpc) is 3.29. The molecule has 1 spiro atoms. The van der Waals surface area contributed by atoms with Crippen molar-refractivity contribution in [2.24, 2.45) is 11.3 Å².